The molecular formula is C34H24OSe. The van der Waals surface area contributed by atoms with Crippen LogP contribution in [0.5, 0.6) is 0 Å². The van der Waals surface area contributed by atoms with E-state index in [1.165, 1.54) is 66.1 Å². The molecule has 2 heteroatoms. The van der Waals surface area contributed by atoms with Crippen LogP contribution in [0.2, 0.25) is 0 Å². The van der Waals surface area contributed by atoms with Crippen molar-refractivity contribution in [2.45, 2.75) is 10.6 Å². The summed E-state index contributed by atoms with van der Waals surface area (Å²) in [6, 6.07) is 43.2. The van der Waals surface area contributed by atoms with Gasteiger partial charge in [0.1, 0.15) is 0 Å². The predicted molar refractivity (Wildman–Crippen MR) is 152 cm³/mol. The molecule has 0 saturated carbocycles. The van der Waals surface area contributed by atoms with Crippen LogP contribution in [-0.4, -0.2) is 13.8 Å². The summed E-state index contributed by atoms with van der Waals surface area (Å²) in [4.78, 5) is 0. The number of hydrogen-bond acceptors (Lipinski definition) is 1. The van der Waals surface area contributed by atoms with E-state index in [2.05, 4.69) is 121 Å². The van der Waals surface area contributed by atoms with Gasteiger partial charge in [0.15, 0.2) is 0 Å². The van der Waals surface area contributed by atoms with E-state index in [0.29, 0.717) is 10.6 Å². The molecule has 0 amide bonds. The first-order valence-electron chi connectivity index (χ1n) is 12.3. The van der Waals surface area contributed by atoms with Gasteiger partial charge in [-0.25, -0.2) is 0 Å². The van der Waals surface area contributed by atoms with Gasteiger partial charge in [0.2, 0.25) is 0 Å². The van der Waals surface area contributed by atoms with Crippen molar-refractivity contribution in [1.29, 1.82) is 0 Å². The van der Waals surface area contributed by atoms with Crippen LogP contribution in [0.4, 0.5) is 0 Å². The molecule has 36 heavy (non-hydrogen) atoms. The predicted octanol–water partition coefficient (Wildman–Crippen LogP) is 8.59. The molecular weight excluding hydrogens is 503 g/mol. The van der Waals surface area contributed by atoms with Crippen molar-refractivity contribution in [1.82, 2.24) is 0 Å². The Labute approximate surface area is 215 Å². The van der Waals surface area contributed by atoms with Gasteiger partial charge in [-0.15, -0.1) is 0 Å². The average Bonchev–Trinajstić information content (AvgIpc) is 3.09. The molecule has 0 unspecified atom stereocenters. The third-order valence-corrected chi connectivity index (χ3v) is 9.91. The van der Waals surface area contributed by atoms with Crippen LogP contribution in [0, 0.1) is 0 Å². The van der Waals surface area contributed by atoms with Gasteiger partial charge in [0.25, 0.3) is 0 Å². The summed E-state index contributed by atoms with van der Waals surface area (Å²) in [5, 5.41) is 6.21. The van der Waals surface area contributed by atoms with Gasteiger partial charge in [0.05, 0.1) is 0 Å². The monoisotopic (exact) mass is 528 g/mol. The molecule has 7 rings (SSSR count). The van der Waals surface area contributed by atoms with Crippen LogP contribution in [0.1, 0.15) is 11.1 Å². The second-order valence-corrected chi connectivity index (χ2v) is 12.5. The Hall–Kier alpha value is -3.84. The molecule has 172 valence electrons. The zero-order valence-electron chi connectivity index (χ0n) is 19.8. The zero-order valence-corrected chi connectivity index (χ0v) is 21.5. The minimum absolute atomic E-state index is 0.641. The topological polar surface area (TPSA) is 17.1 Å². The number of rotatable bonds is 2. The van der Waals surface area contributed by atoms with Gasteiger partial charge in [-0.2, -0.15) is 0 Å². The maximum absolute atomic E-state index is 13.9. The summed E-state index contributed by atoms with van der Waals surface area (Å²) in [6.07, 6.45) is 0. The SMILES string of the molecule is O=[Se]1Cc2c(-c3ccccc3)cc3ccccc3c2-c2c(c(-c3ccccc3)cc3ccccc23)C1. The third kappa shape index (κ3) is 3.45. The molecule has 0 saturated heterocycles. The van der Waals surface area contributed by atoms with Crippen LogP contribution in [0.3, 0.4) is 0 Å². The molecule has 1 aliphatic heterocycles. The minimum atomic E-state index is -2.17. The van der Waals surface area contributed by atoms with Gasteiger partial charge in [0, 0.05) is 0 Å². The summed E-state index contributed by atoms with van der Waals surface area (Å²) in [7, 11) is 0. The summed E-state index contributed by atoms with van der Waals surface area (Å²) < 4.78 is 13.9. The van der Waals surface area contributed by atoms with E-state index in [1.807, 2.05) is 0 Å². The fourth-order valence-corrected chi connectivity index (χ4v) is 8.60. The Morgan fingerprint density at radius 3 is 1.31 bits per heavy atom. The van der Waals surface area contributed by atoms with Crippen molar-refractivity contribution >= 4 is 35.4 Å². The fraction of sp³-hybridized carbons (Fsp3) is 0.0588. The second kappa shape index (κ2) is 8.67. The number of benzene rings is 6. The van der Waals surface area contributed by atoms with E-state index in [-0.39, 0.29) is 0 Å². The van der Waals surface area contributed by atoms with Gasteiger partial charge < -0.3 is 0 Å². The van der Waals surface area contributed by atoms with Crippen molar-refractivity contribution in [3.05, 3.63) is 132 Å². The van der Waals surface area contributed by atoms with Crippen LogP contribution < -0.4 is 0 Å². The van der Waals surface area contributed by atoms with Crippen LogP contribution in [0.15, 0.2) is 121 Å². The van der Waals surface area contributed by atoms with Crippen molar-refractivity contribution in [3.8, 4) is 33.4 Å². The normalized spacial score (nSPS) is 13.3. The molecule has 1 nitrogen and oxygen atoms in total. The van der Waals surface area contributed by atoms with Crippen molar-refractivity contribution < 1.29 is 3.83 Å². The van der Waals surface area contributed by atoms with Gasteiger partial charge in [-0.1, -0.05) is 0 Å². The van der Waals surface area contributed by atoms with Gasteiger partial charge in [-0.3, -0.25) is 0 Å². The Balaban J connectivity index is 1.70. The maximum atomic E-state index is 13.9. The Morgan fingerprint density at radius 2 is 0.861 bits per heavy atom. The van der Waals surface area contributed by atoms with E-state index < -0.39 is 13.8 Å². The average molecular weight is 528 g/mol. The molecule has 0 N–H and O–H groups in total. The van der Waals surface area contributed by atoms with E-state index in [0.717, 1.165) is 0 Å². The first-order valence-corrected chi connectivity index (χ1v) is 15.5. The van der Waals surface area contributed by atoms with Gasteiger partial charge in [-0.05, 0) is 0 Å². The van der Waals surface area contributed by atoms with Crippen LogP contribution in [0.25, 0.3) is 54.9 Å². The molecule has 0 fully saturated rings. The fourth-order valence-electron chi connectivity index (χ4n) is 5.78. The Bertz CT molecular complexity index is 1650. The molecule has 0 bridgehead atoms. The molecule has 1 aliphatic rings. The van der Waals surface area contributed by atoms with Crippen LogP contribution >= 0.6 is 0 Å². The standard InChI is InChI=1S/C34H24OSe/c35-36-21-31-29(23-11-3-1-4-12-23)19-25-15-7-9-17-27(25)33(31)34-28-18-10-8-16-26(28)20-30(32(34)22-36)24-13-5-2-6-14-24/h1-20H,21-22H2. The van der Waals surface area contributed by atoms with E-state index >= 15 is 0 Å². The molecule has 0 atom stereocenters. The summed E-state index contributed by atoms with van der Waals surface area (Å²) in [5.74, 6) is 0. The van der Waals surface area contributed by atoms with Crippen molar-refractivity contribution in [2.24, 2.45) is 0 Å². The van der Waals surface area contributed by atoms with E-state index in [9.17, 15) is 3.83 Å². The number of fused-ring (bicyclic) bond motifs is 7. The first kappa shape index (κ1) is 21.4. The van der Waals surface area contributed by atoms with E-state index in [4.69, 9.17) is 0 Å². The Morgan fingerprint density at radius 1 is 0.472 bits per heavy atom. The van der Waals surface area contributed by atoms with Crippen LogP contribution in [-0.2, 0) is 14.5 Å². The van der Waals surface area contributed by atoms with Crippen molar-refractivity contribution in [2.75, 3.05) is 0 Å². The molecule has 0 aromatic heterocycles. The second-order valence-electron chi connectivity index (χ2n) is 9.46. The van der Waals surface area contributed by atoms with Gasteiger partial charge >= 0.3 is 216 Å². The Kier molecular flexibility index (Phi) is 5.17. The molecule has 0 spiro atoms. The summed E-state index contributed by atoms with van der Waals surface area (Å²) in [5.41, 5.74) is 9.77. The number of hydrogen-bond donors (Lipinski definition) is 0. The van der Waals surface area contributed by atoms with Crippen molar-refractivity contribution in [3.63, 3.8) is 0 Å². The van der Waals surface area contributed by atoms with E-state index in [1.54, 1.807) is 0 Å². The molecule has 1 heterocycles. The summed E-state index contributed by atoms with van der Waals surface area (Å²) in [6.45, 7) is 0. The zero-order chi connectivity index (χ0) is 24.1. The quantitative estimate of drug-likeness (QED) is 0.206. The molecule has 6 aromatic rings. The third-order valence-electron chi connectivity index (χ3n) is 7.34. The summed E-state index contributed by atoms with van der Waals surface area (Å²) >= 11 is -2.17. The molecule has 6 aromatic carbocycles. The first-order chi connectivity index (χ1) is 17.8. The molecule has 0 aliphatic carbocycles. The molecule has 0 radical (unpaired) electrons.